The lowest BCUT2D eigenvalue weighted by atomic mass is 9.94. The van der Waals surface area contributed by atoms with Gasteiger partial charge in [-0.2, -0.15) is 0 Å². The van der Waals surface area contributed by atoms with E-state index in [0.29, 0.717) is 5.56 Å². The van der Waals surface area contributed by atoms with E-state index in [1.807, 2.05) is 18.2 Å². The lowest BCUT2D eigenvalue weighted by Gasteiger charge is -2.33. The van der Waals surface area contributed by atoms with Gasteiger partial charge in [0.15, 0.2) is 5.69 Å². The molecule has 0 unspecified atom stereocenters. The molecule has 6 nitrogen and oxygen atoms in total. The van der Waals surface area contributed by atoms with Crippen LogP contribution in [0, 0.1) is 5.82 Å². The summed E-state index contributed by atoms with van der Waals surface area (Å²) < 4.78 is 17.9. The van der Waals surface area contributed by atoms with Gasteiger partial charge in [-0.1, -0.05) is 60.1 Å². The molecule has 0 radical (unpaired) electrons. The van der Waals surface area contributed by atoms with Gasteiger partial charge in [-0.3, -0.25) is 14.5 Å². The third-order valence-electron chi connectivity index (χ3n) is 5.46. The van der Waals surface area contributed by atoms with E-state index in [1.54, 1.807) is 18.2 Å². The highest BCUT2D eigenvalue weighted by Crippen LogP contribution is 2.31. The molecule has 1 saturated carbocycles. The van der Waals surface area contributed by atoms with Crippen LogP contribution in [0.15, 0.2) is 60.0 Å². The van der Waals surface area contributed by atoms with Crippen molar-refractivity contribution in [3.8, 4) is 0 Å². The highest BCUT2D eigenvalue weighted by Gasteiger charge is 2.35. The summed E-state index contributed by atoms with van der Waals surface area (Å²) in [5, 5.41) is 8.53. The fourth-order valence-corrected chi connectivity index (χ4v) is 4.40. The van der Waals surface area contributed by atoms with E-state index in [-0.39, 0.29) is 23.3 Å². The molecule has 0 spiro atoms. The molecule has 0 saturated heterocycles. The van der Waals surface area contributed by atoms with Crippen LogP contribution in [0.2, 0.25) is 0 Å². The van der Waals surface area contributed by atoms with Crippen LogP contribution < -0.4 is 10.2 Å². The molecular weight excluding hydrogens is 415 g/mol. The van der Waals surface area contributed by atoms with Gasteiger partial charge in [-0.25, -0.2) is 4.39 Å². The molecule has 2 amide bonds. The average Bonchev–Trinajstić information content (AvgIpc) is 3.33. The topological polar surface area (TPSA) is 75.2 Å². The molecular formula is C23H23FN4O2S. The standard InChI is InChI=1S/C23H23FN4O2S/c24-17-10-7-13-19(14-17)28(23(30)20-15-31-27-26-20)21(16-8-3-1-4-9-16)22(29)25-18-11-5-2-6-12-18/h1,3-4,7-10,13-15,18,21H,2,5-6,11-12H2,(H,25,29)/t21-/m1/s1. The summed E-state index contributed by atoms with van der Waals surface area (Å²) in [4.78, 5) is 28.3. The summed E-state index contributed by atoms with van der Waals surface area (Å²) in [5.74, 6) is -1.29. The average molecular weight is 439 g/mol. The maximum atomic E-state index is 14.1. The predicted octanol–water partition coefficient (Wildman–Crippen LogP) is 4.51. The molecule has 1 aliphatic carbocycles. The van der Waals surface area contributed by atoms with Crippen LogP contribution in [0.25, 0.3) is 0 Å². The smallest absolute Gasteiger partial charge is 0.280 e. The number of anilines is 1. The minimum atomic E-state index is -0.973. The van der Waals surface area contributed by atoms with Crippen molar-refractivity contribution in [2.75, 3.05) is 4.90 Å². The van der Waals surface area contributed by atoms with E-state index in [0.717, 1.165) is 37.2 Å². The number of aromatic nitrogens is 2. The van der Waals surface area contributed by atoms with Crippen molar-refractivity contribution < 1.29 is 14.0 Å². The molecule has 1 aromatic heterocycles. The highest BCUT2D eigenvalue weighted by atomic mass is 32.1. The maximum absolute atomic E-state index is 14.1. The van der Waals surface area contributed by atoms with Crippen LogP contribution in [-0.4, -0.2) is 27.4 Å². The summed E-state index contributed by atoms with van der Waals surface area (Å²) in [5.41, 5.74) is 1.03. The Balaban J connectivity index is 1.77. The van der Waals surface area contributed by atoms with E-state index in [2.05, 4.69) is 14.9 Å². The number of hydrogen-bond donors (Lipinski definition) is 1. The molecule has 31 heavy (non-hydrogen) atoms. The lowest BCUT2D eigenvalue weighted by molar-refractivity contribution is -0.123. The Morgan fingerprint density at radius 1 is 1.06 bits per heavy atom. The first-order valence-corrected chi connectivity index (χ1v) is 11.2. The SMILES string of the molecule is O=C(NC1CCCCC1)[C@@H](c1ccccc1)N(C(=O)c1csnn1)c1cccc(F)c1. The third kappa shape index (κ3) is 4.96. The van der Waals surface area contributed by atoms with Crippen LogP contribution in [0.5, 0.6) is 0 Å². The molecule has 1 N–H and O–H groups in total. The Morgan fingerprint density at radius 3 is 2.52 bits per heavy atom. The van der Waals surface area contributed by atoms with Gasteiger partial charge in [-0.05, 0) is 48.1 Å². The Hall–Kier alpha value is -3.13. The van der Waals surface area contributed by atoms with Crippen molar-refractivity contribution in [3.05, 3.63) is 77.1 Å². The molecule has 8 heteroatoms. The predicted molar refractivity (Wildman–Crippen MR) is 117 cm³/mol. The molecule has 160 valence electrons. The monoisotopic (exact) mass is 438 g/mol. The number of carbonyl (C=O) groups is 2. The molecule has 1 aliphatic rings. The molecule has 3 aromatic rings. The van der Waals surface area contributed by atoms with Crippen molar-refractivity contribution in [3.63, 3.8) is 0 Å². The van der Waals surface area contributed by atoms with Crippen LogP contribution >= 0.6 is 11.5 Å². The van der Waals surface area contributed by atoms with E-state index >= 15 is 0 Å². The van der Waals surface area contributed by atoms with Crippen molar-refractivity contribution in [1.82, 2.24) is 14.9 Å². The van der Waals surface area contributed by atoms with E-state index in [9.17, 15) is 14.0 Å². The Labute approximate surface area is 184 Å². The second kappa shape index (κ2) is 9.78. The summed E-state index contributed by atoms with van der Waals surface area (Å²) in [6.45, 7) is 0. The van der Waals surface area contributed by atoms with Crippen molar-refractivity contribution in [2.45, 2.75) is 44.2 Å². The van der Waals surface area contributed by atoms with Gasteiger partial charge in [-0.15, -0.1) is 5.10 Å². The summed E-state index contributed by atoms with van der Waals surface area (Å²) in [7, 11) is 0. The number of rotatable bonds is 6. The van der Waals surface area contributed by atoms with Gasteiger partial charge in [0.2, 0.25) is 5.91 Å². The van der Waals surface area contributed by atoms with Gasteiger partial charge >= 0.3 is 0 Å². The van der Waals surface area contributed by atoms with Crippen LogP contribution in [0.3, 0.4) is 0 Å². The number of benzene rings is 2. The zero-order valence-corrected chi connectivity index (χ0v) is 17.7. The van der Waals surface area contributed by atoms with Gasteiger partial charge < -0.3 is 5.32 Å². The van der Waals surface area contributed by atoms with E-state index < -0.39 is 17.8 Å². The summed E-state index contributed by atoms with van der Waals surface area (Å²) >= 11 is 1.04. The summed E-state index contributed by atoms with van der Waals surface area (Å²) in [6.07, 6.45) is 5.13. The highest BCUT2D eigenvalue weighted by molar-refractivity contribution is 7.03. The Morgan fingerprint density at radius 2 is 1.84 bits per heavy atom. The first kappa shape index (κ1) is 21.1. The molecule has 0 bridgehead atoms. The van der Waals surface area contributed by atoms with Gasteiger partial charge in [0.05, 0.1) is 0 Å². The van der Waals surface area contributed by atoms with E-state index in [4.69, 9.17) is 0 Å². The van der Waals surface area contributed by atoms with Crippen molar-refractivity contribution in [2.24, 2.45) is 0 Å². The third-order valence-corrected chi connectivity index (χ3v) is 5.96. The van der Waals surface area contributed by atoms with Gasteiger partial charge in [0.25, 0.3) is 5.91 Å². The number of nitrogens with one attached hydrogen (secondary N) is 1. The Kier molecular flexibility index (Phi) is 6.66. The fourth-order valence-electron chi connectivity index (χ4n) is 3.97. The number of amides is 2. The Bertz CT molecular complexity index is 1020. The minimum absolute atomic E-state index is 0.0675. The van der Waals surface area contributed by atoms with Crippen LogP contribution in [0.4, 0.5) is 10.1 Å². The largest absolute Gasteiger partial charge is 0.351 e. The van der Waals surface area contributed by atoms with Crippen LogP contribution in [0.1, 0.15) is 54.2 Å². The number of nitrogens with zero attached hydrogens (tertiary/aromatic N) is 3. The van der Waals surface area contributed by atoms with Crippen molar-refractivity contribution in [1.29, 1.82) is 0 Å². The molecule has 1 fully saturated rings. The fraction of sp³-hybridized carbons (Fsp3) is 0.304. The zero-order chi connectivity index (χ0) is 21.6. The maximum Gasteiger partial charge on any atom is 0.280 e. The van der Waals surface area contributed by atoms with Gasteiger partial charge in [0.1, 0.15) is 11.9 Å². The molecule has 4 rings (SSSR count). The lowest BCUT2D eigenvalue weighted by Crippen LogP contribution is -2.47. The minimum Gasteiger partial charge on any atom is -0.351 e. The first-order valence-electron chi connectivity index (χ1n) is 10.3. The number of halogens is 1. The second-order valence-corrected chi connectivity index (χ2v) is 8.21. The second-order valence-electron chi connectivity index (χ2n) is 7.60. The number of carbonyl (C=O) groups excluding carboxylic acids is 2. The van der Waals surface area contributed by atoms with Gasteiger partial charge in [0, 0.05) is 17.1 Å². The molecule has 0 aliphatic heterocycles. The molecule has 1 heterocycles. The van der Waals surface area contributed by atoms with Crippen LogP contribution in [-0.2, 0) is 4.79 Å². The molecule has 1 atom stereocenters. The normalized spacial score (nSPS) is 15.3. The van der Waals surface area contributed by atoms with Crippen molar-refractivity contribution >= 4 is 29.0 Å². The summed E-state index contributed by atoms with van der Waals surface area (Å²) in [6, 6.07) is 13.8. The first-order chi connectivity index (χ1) is 15.1. The van der Waals surface area contributed by atoms with E-state index in [1.165, 1.54) is 34.9 Å². The quantitative estimate of drug-likeness (QED) is 0.614. The zero-order valence-electron chi connectivity index (χ0n) is 16.9. The number of hydrogen-bond acceptors (Lipinski definition) is 5. The molecule has 2 aromatic carbocycles.